The third-order valence-corrected chi connectivity index (χ3v) is 7.22. The van der Waals surface area contributed by atoms with Crippen LogP contribution in [0.2, 0.25) is 5.02 Å². The Bertz CT molecular complexity index is 1640. The number of anilines is 2. The number of esters is 1. The maximum absolute atomic E-state index is 14.6. The minimum absolute atomic E-state index is 0.0106. The van der Waals surface area contributed by atoms with E-state index in [1.54, 1.807) is 31.2 Å². The number of hydrogen-bond donors (Lipinski definition) is 1. The minimum Gasteiger partial charge on any atom is -0.461 e. The molecule has 1 unspecified atom stereocenters. The van der Waals surface area contributed by atoms with Crippen molar-refractivity contribution in [3.05, 3.63) is 80.8 Å². The first-order valence-corrected chi connectivity index (χ1v) is 12.9. The average Bonchev–Trinajstić information content (AvgIpc) is 3.50. The Kier molecular flexibility index (Phi) is 6.96. The van der Waals surface area contributed by atoms with Crippen LogP contribution in [0.15, 0.2) is 58.7 Å². The molecular formula is C26H20ClFN4O5S. The SMILES string of the molecule is CCOC(=O)c1nn(-c2ccccc2F)c(=O)c2c(NC(=O)C3CC(=O)N(c4ccc(Cl)cc4)C3)scc12. The Hall–Kier alpha value is -4.09. The molecule has 0 radical (unpaired) electrons. The Morgan fingerprint density at radius 3 is 2.63 bits per heavy atom. The molecule has 1 fully saturated rings. The van der Waals surface area contributed by atoms with Crippen LogP contribution in [0.5, 0.6) is 0 Å². The molecule has 38 heavy (non-hydrogen) atoms. The van der Waals surface area contributed by atoms with Crippen molar-refractivity contribution in [2.75, 3.05) is 23.4 Å². The number of amides is 2. The molecule has 2 aromatic carbocycles. The molecule has 9 nitrogen and oxygen atoms in total. The highest BCUT2D eigenvalue weighted by atomic mass is 35.5. The summed E-state index contributed by atoms with van der Waals surface area (Å²) in [5.74, 6) is -2.89. The summed E-state index contributed by atoms with van der Waals surface area (Å²) in [6.45, 7) is 1.83. The lowest BCUT2D eigenvalue weighted by molar-refractivity contribution is -0.122. The van der Waals surface area contributed by atoms with Gasteiger partial charge in [0.25, 0.3) is 5.56 Å². The van der Waals surface area contributed by atoms with E-state index in [4.69, 9.17) is 16.3 Å². The zero-order valence-electron chi connectivity index (χ0n) is 19.9. The molecular weight excluding hydrogens is 535 g/mol. The van der Waals surface area contributed by atoms with Gasteiger partial charge in [0.15, 0.2) is 5.69 Å². The summed E-state index contributed by atoms with van der Waals surface area (Å²) in [6, 6.07) is 12.2. The number of thiophene rings is 1. The summed E-state index contributed by atoms with van der Waals surface area (Å²) < 4.78 is 20.5. The van der Waals surface area contributed by atoms with Gasteiger partial charge in [-0.15, -0.1) is 11.3 Å². The van der Waals surface area contributed by atoms with Crippen LogP contribution < -0.4 is 15.8 Å². The number of hydrogen-bond acceptors (Lipinski definition) is 7. The number of fused-ring (bicyclic) bond motifs is 1. The van der Waals surface area contributed by atoms with Crippen LogP contribution in [0.1, 0.15) is 23.8 Å². The average molecular weight is 555 g/mol. The lowest BCUT2D eigenvalue weighted by Gasteiger charge is -2.16. The van der Waals surface area contributed by atoms with Crippen LogP contribution in [0.3, 0.4) is 0 Å². The Balaban J connectivity index is 1.51. The molecule has 12 heteroatoms. The van der Waals surface area contributed by atoms with E-state index >= 15 is 0 Å². The zero-order chi connectivity index (χ0) is 27.0. The van der Waals surface area contributed by atoms with E-state index in [-0.39, 0.29) is 52.6 Å². The maximum atomic E-state index is 14.6. The van der Waals surface area contributed by atoms with Gasteiger partial charge in [0.1, 0.15) is 16.5 Å². The first-order valence-electron chi connectivity index (χ1n) is 11.6. The van der Waals surface area contributed by atoms with Crippen molar-refractivity contribution in [2.24, 2.45) is 5.92 Å². The van der Waals surface area contributed by atoms with Gasteiger partial charge in [-0.3, -0.25) is 14.4 Å². The van der Waals surface area contributed by atoms with Crippen LogP contribution in [-0.4, -0.2) is 40.7 Å². The summed E-state index contributed by atoms with van der Waals surface area (Å²) in [6.07, 6.45) is -0.0210. The number of carbonyl (C=O) groups is 3. The summed E-state index contributed by atoms with van der Waals surface area (Å²) in [4.78, 5) is 53.5. The van der Waals surface area contributed by atoms with Gasteiger partial charge in [-0.1, -0.05) is 23.7 Å². The topological polar surface area (TPSA) is 111 Å². The molecule has 0 saturated carbocycles. The van der Waals surface area contributed by atoms with Gasteiger partial charge in [0, 0.05) is 34.4 Å². The number of rotatable bonds is 6. The lowest BCUT2D eigenvalue weighted by atomic mass is 10.1. The molecule has 5 rings (SSSR count). The van der Waals surface area contributed by atoms with Gasteiger partial charge in [0.2, 0.25) is 11.8 Å². The fourth-order valence-corrected chi connectivity index (χ4v) is 5.31. The van der Waals surface area contributed by atoms with Crippen molar-refractivity contribution in [1.29, 1.82) is 0 Å². The van der Waals surface area contributed by atoms with Gasteiger partial charge >= 0.3 is 5.97 Å². The summed E-state index contributed by atoms with van der Waals surface area (Å²) in [5, 5.41) is 9.19. The van der Waals surface area contributed by atoms with E-state index in [2.05, 4.69) is 10.4 Å². The van der Waals surface area contributed by atoms with Crippen LogP contribution in [-0.2, 0) is 14.3 Å². The predicted molar refractivity (Wildman–Crippen MR) is 142 cm³/mol. The molecule has 1 aliphatic heterocycles. The first kappa shape index (κ1) is 25.6. The van der Waals surface area contributed by atoms with Crippen molar-refractivity contribution in [3.8, 4) is 5.69 Å². The molecule has 1 N–H and O–H groups in total. The quantitative estimate of drug-likeness (QED) is 0.354. The number of aromatic nitrogens is 2. The highest BCUT2D eigenvalue weighted by Gasteiger charge is 2.36. The number of ether oxygens (including phenoxy) is 1. The van der Waals surface area contributed by atoms with E-state index in [0.29, 0.717) is 10.7 Å². The molecule has 3 heterocycles. The largest absolute Gasteiger partial charge is 0.461 e. The van der Waals surface area contributed by atoms with Gasteiger partial charge in [0.05, 0.1) is 17.9 Å². The second-order valence-corrected chi connectivity index (χ2v) is 9.78. The van der Waals surface area contributed by atoms with Crippen molar-refractivity contribution in [2.45, 2.75) is 13.3 Å². The first-order chi connectivity index (χ1) is 18.3. The normalized spacial score (nSPS) is 15.2. The van der Waals surface area contributed by atoms with E-state index in [9.17, 15) is 23.6 Å². The second-order valence-electron chi connectivity index (χ2n) is 8.46. The van der Waals surface area contributed by atoms with Gasteiger partial charge in [-0.05, 0) is 43.3 Å². The highest BCUT2D eigenvalue weighted by Crippen LogP contribution is 2.33. The van der Waals surface area contributed by atoms with E-state index in [1.807, 2.05) is 0 Å². The number of benzene rings is 2. The molecule has 2 amide bonds. The smallest absolute Gasteiger partial charge is 0.359 e. The summed E-state index contributed by atoms with van der Waals surface area (Å²) >= 11 is 6.95. The van der Waals surface area contributed by atoms with Crippen molar-refractivity contribution < 1.29 is 23.5 Å². The van der Waals surface area contributed by atoms with E-state index in [1.165, 1.54) is 28.5 Å². The van der Waals surface area contributed by atoms with Crippen molar-refractivity contribution >= 4 is 62.2 Å². The summed E-state index contributed by atoms with van der Waals surface area (Å²) in [5.41, 5.74) is -0.450. The Morgan fingerprint density at radius 2 is 1.92 bits per heavy atom. The number of carbonyl (C=O) groups excluding carboxylic acids is 3. The fourth-order valence-electron chi connectivity index (χ4n) is 4.25. The Morgan fingerprint density at radius 1 is 1.18 bits per heavy atom. The highest BCUT2D eigenvalue weighted by molar-refractivity contribution is 7.16. The van der Waals surface area contributed by atoms with Crippen LogP contribution in [0.25, 0.3) is 16.5 Å². The number of para-hydroxylation sites is 1. The minimum atomic E-state index is -0.793. The van der Waals surface area contributed by atoms with Gasteiger partial charge in [-0.25, -0.2) is 9.18 Å². The monoisotopic (exact) mass is 554 g/mol. The third kappa shape index (κ3) is 4.66. The molecule has 0 bridgehead atoms. The lowest BCUT2D eigenvalue weighted by Crippen LogP contribution is -2.29. The molecule has 1 aliphatic rings. The molecule has 1 saturated heterocycles. The van der Waals surface area contributed by atoms with Crippen molar-refractivity contribution in [1.82, 2.24) is 9.78 Å². The van der Waals surface area contributed by atoms with Crippen LogP contribution in [0, 0.1) is 11.7 Å². The molecule has 1 atom stereocenters. The fraction of sp³-hybridized carbons (Fsp3) is 0.192. The van der Waals surface area contributed by atoms with Crippen LogP contribution >= 0.6 is 22.9 Å². The number of nitrogens with zero attached hydrogens (tertiary/aromatic N) is 3. The van der Waals surface area contributed by atoms with Gasteiger partial charge in [-0.2, -0.15) is 9.78 Å². The standard InChI is InChI=1S/C26H20ClFN4O5S/c1-2-37-26(36)22-17-13-38-24(21(17)25(35)32(30-22)19-6-4-3-5-18(19)28)29-23(34)14-11-20(33)31(12-14)16-9-7-15(27)8-10-16/h3-10,13-14H,2,11-12H2,1H3,(H,29,34). The third-order valence-electron chi connectivity index (χ3n) is 6.07. The van der Waals surface area contributed by atoms with Gasteiger partial charge < -0.3 is 15.0 Å². The Labute approximate surface area is 224 Å². The predicted octanol–water partition coefficient (Wildman–Crippen LogP) is 4.41. The van der Waals surface area contributed by atoms with E-state index < -0.39 is 29.2 Å². The van der Waals surface area contributed by atoms with E-state index in [0.717, 1.165) is 22.1 Å². The molecule has 0 aliphatic carbocycles. The number of nitrogens with one attached hydrogen (secondary N) is 1. The molecule has 194 valence electrons. The maximum Gasteiger partial charge on any atom is 0.359 e. The summed E-state index contributed by atoms with van der Waals surface area (Å²) in [7, 11) is 0. The zero-order valence-corrected chi connectivity index (χ0v) is 21.5. The number of halogens is 2. The van der Waals surface area contributed by atoms with Crippen LogP contribution in [0.4, 0.5) is 15.1 Å². The molecule has 4 aromatic rings. The molecule has 2 aromatic heterocycles. The van der Waals surface area contributed by atoms with Crippen molar-refractivity contribution in [3.63, 3.8) is 0 Å². The second kappa shape index (κ2) is 10.3. The molecule has 0 spiro atoms.